The summed E-state index contributed by atoms with van der Waals surface area (Å²) >= 11 is 0. The summed E-state index contributed by atoms with van der Waals surface area (Å²) in [5.74, 6) is -0.366. The molecular formula is C24H32O9. The average Bonchev–Trinajstić information content (AvgIpc) is 3.03. The molecule has 0 aromatic heterocycles. The Balaban J connectivity index is 1.38. The van der Waals surface area contributed by atoms with Crippen LogP contribution < -0.4 is 0 Å². The second-order valence-corrected chi connectivity index (χ2v) is 10.4. The molecule has 9 heteroatoms. The lowest BCUT2D eigenvalue weighted by Crippen LogP contribution is -2.61. The first-order valence-corrected chi connectivity index (χ1v) is 11.7. The summed E-state index contributed by atoms with van der Waals surface area (Å²) in [7, 11) is 0. The SMILES string of the molecule is C[C@]12CC[C@@H]3c4ccc(O)cc4CC[C@H]3[C@@H]1C[C@@H](O)[C@@H]2O[C@H]1O[C@H](C(=O)O)[C@@H](O)[C@H](O)[C@H]1O. The lowest BCUT2D eigenvalue weighted by molar-refractivity contribution is -0.317. The molecule has 0 amide bonds. The van der Waals surface area contributed by atoms with E-state index in [1.54, 1.807) is 6.07 Å². The van der Waals surface area contributed by atoms with Crippen molar-refractivity contribution >= 4 is 5.97 Å². The Bertz CT molecular complexity index is 921. The van der Waals surface area contributed by atoms with Gasteiger partial charge in [-0.25, -0.2) is 4.79 Å². The van der Waals surface area contributed by atoms with E-state index in [1.807, 2.05) is 12.1 Å². The number of hydrogen-bond acceptors (Lipinski definition) is 8. The van der Waals surface area contributed by atoms with Gasteiger partial charge in [0.2, 0.25) is 0 Å². The number of carboxylic acids is 1. The van der Waals surface area contributed by atoms with E-state index in [0.29, 0.717) is 18.3 Å². The fourth-order valence-electron chi connectivity index (χ4n) is 7.09. The van der Waals surface area contributed by atoms with Gasteiger partial charge in [-0.1, -0.05) is 13.0 Å². The summed E-state index contributed by atoms with van der Waals surface area (Å²) in [6, 6.07) is 5.58. The molecule has 1 aromatic rings. The van der Waals surface area contributed by atoms with Crippen LogP contribution in [-0.2, 0) is 20.7 Å². The van der Waals surface area contributed by atoms with Crippen molar-refractivity contribution in [1.29, 1.82) is 0 Å². The van der Waals surface area contributed by atoms with Gasteiger partial charge in [-0.05, 0) is 78.5 Å². The summed E-state index contributed by atoms with van der Waals surface area (Å²) in [6.45, 7) is 2.07. The molecule has 1 saturated heterocycles. The fourth-order valence-corrected chi connectivity index (χ4v) is 7.09. The maximum atomic E-state index is 11.4. The third-order valence-corrected chi connectivity index (χ3v) is 8.74. The van der Waals surface area contributed by atoms with Crippen molar-refractivity contribution in [2.75, 3.05) is 0 Å². The number of phenols is 1. The molecule has 2 saturated carbocycles. The van der Waals surface area contributed by atoms with Gasteiger partial charge in [0.15, 0.2) is 12.4 Å². The van der Waals surface area contributed by atoms with Crippen LogP contribution in [0.15, 0.2) is 18.2 Å². The van der Waals surface area contributed by atoms with Crippen LogP contribution >= 0.6 is 0 Å². The number of aromatic hydroxyl groups is 1. The maximum absolute atomic E-state index is 11.4. The largest absolute Gasteiger partial charge is 0.508 e. The van der Waals surface area contributed by atoms with Gasteiger partial charge in [0, 0.05) is 0 Å². The summed E-state index contributed by atoms with van der Waals surface area (Å²) in [4.78, 5) is 11.4. The van der Waals surface area contributed by atoms with Gasteiger partial charge in [0.25, 0.3) is 0 Å². The van der Waals surface area contributed by atoms with Gasteiger partial charge in [0.1, 0.15) is 24.1 Å². The van der Waals surface area contributed by atoms with Crippen molar-refractivity contribution in [2.45, 2.75) is 87.9 Å². The Morgan fingerprint density at radius 2 is 1.88 bits per heavy atom. The average molecular weight is 465 g/mol. The van der Waals surface area contributed by atoms with Crippen molar-refractivity contribution < 1.29 is 44.9 Å². The highest BCUT2D eigenvalue weighted by Crippen LogP contribution is 2.62. The second-order valence-electron chi connectivity index (χ2n) is 10.4. The number of rotatable bonds is 3. The Kier molecular flexibility index (Phi) is 5.70. The number of carbonyl (C=O) groups is 1. The van der Waals surface area contributed by atoms with Crippen molar-refractivity contribution in [3.05, 3.63) is 29.3 Å². The number of fused-ring (bicyclic) bond motifs is 5. The topological polar surface area (TPSA) is 157 Å². The minimum atomic E-state index is -1.79. The fraction of sp³-hybridized carbons (Fsp3) is 0.708. The molecule has 9 nitrogen and oxygen atoms in total. The molecule has 1 aromatic carbocycles. The zero-order chi connectivity index (χ0) is 23.7. The monoisotopic (exact) mass is 464 g/mol. The minimum absolute atomic E-state index is 0.157. The number of benzene rings is 1. The van der Waals surface area contributed by atoms with Crippen LogP contribution in [0, 0.1) is 17.3 Å². The summed E-state index contributed by atoms with van der Waals surface area (Å²) in [5.41, 5.74) is 2.02. The Labute approximate surface area is 191 Å². The van der Waals surface area contributed by atoms with Crippen molar-refractivity contribution in [3.8, 4) is 5.75 Å². The number of carboxylic acid groups (broad SMARTS) is 1. The normalized spacial score (nSPS) is 46.8. The van der Waals surface area contributed by atoms with Crippen LogP contribution in [0.5, 0.6) is 5.75 Å². The molecule has 0 bridgehead atoms. The van der Waals surface area contributed by atoms with Crippen LogP contribution in [0.25, 0.3) is 0 Å². The highest BCUT2D eigenvalue weighted by molar-refractivity contribution is 5.73. The quantitative estimate of drug-likeness (QED) is 0.375. The molecule has 0 unspecified atom stereocenters. The molecule has 3 aliphatic carbocycles. The number of aliphatic hydroxyl groups excluding tert-OH is 4. The summed E-state index contributed by atoms with van der Waals surface area (Å²) < 4.78 is 11.3. The first-order chi connectivity index (χ1) is 15.6. The maximum Gasteiger partial charge on any atom is 0.335 e. The smallest absolute Gasteiger partial charge is 0.335 e. The van der Waals surface area contributed by atoms with Gasteiger partial charge in [-0.15, -0.1) is 0 Å². The zero-order valence-corrected chi connectivity index (χ0v) is 18.4. The van der Waals surface area contributed by atoms with E-state index in [2.05, 4.69) is 6.92 Å². The first kappa shape index (κ1) is 23.0. The zero-order valence-electron chi connectivity index (χ0n) is 18.4. The third-order valence-electron chi connectivity index (χ3n) is 8.74. The molecule has 6 N–H and O–H groups in total. The molecule has 1 aliphatic heterocycles. The first-order valence-electron chi connectivity index (χ1n) is 11.7. The molecule has 0 spiro atoms. The Morgan fingerprint density at radius 3 is 2.61 bits per heavy atom. The molecule has 5 rings (SSSR count). The predicted octanol–water partition coefficient (Wildman–Crippen LogP) is 0.496. The Morgan fingerprint density at radius 1 is 1.12 bits per heavy atom. The van der Waals surface area contributed by atoms with E-state index in [0.717, 1.165) is 25.7 Å². The number of ether oxygens (including phenoxy) is 2. The van der Waals surface area contributed by atoms with Crippen LogP contribution in [0.4, 0.5) is 0 Å². The van der Waals surface area contributed by atoms with Crippen LogP contribution in [0.1, 0.15) is 49.7 Å². The van der Waals surface area contributed by atoms with Gasteiger partial charge in [-0.3, -0.25) is 0 Å². The summed E-state index contributed by atoms with van der Waals surface area (Å²) in [5, 5.41) is 60.6. The van der Waals surface area contributed by atoms with Gasteiger partial charge >= 0.3 is 5.97 Å². The highest BCUT2D eigenvalue weighted by Gasteiger charge is 2.60. The van der Waals surface area contributed by atoms with Gasteiger partial charge < -0.3 is 40.1 Å². The molecule has 33 heavy (non-hydrogen) atoms. The van der Waals surface area contributed by atoms with Crippen molar-refractivity contribution in [3.63, 3.8) is 0 Å². The molecule has 0 radical (unpaired) electrons. The molecule has 3 fully saturated rings. The number of aryl methyl sites for hydroxylation is 1. The van der Waals surface area contributed by atoms with Gasteiger partial charge in [-0.2, -0.15) is 0 Å². The number of hydrogen-bond donors (Lipinski definition) is 6. The highest BCUT2D eigenvalue weighted by atomic mass is 16.7. The number of aliphatic carboxylic acids is 1. The standard InChI is InChI=1S/C24H32O9/c1-24-7-6-13-12-5-3-11(25)8-10(12)2-4-14(13)15(24)9-16(26)21(24)33-23-19(29)17(27)18(28)20(32-23)22(30)31/h3,5,8,13-21,23,25-29H,2,4,6-7,9H2,1H3,(H,30,31)/t13-,14-,15+,16-,17+,18+,19-,20+,21+,23-,24+/m1/s1. The lowest BCUT2D eigenvalue weighted by atomic mass is 9.55. The molecule has 4 aliphatic rings. The lowest BCUT2D eigenvalue weighted by Gasteiger charge is -2.51. The summed E-state index contributed by atoms with van der Waals surface area (Å²) in [6.07, 6.45) is -5.97. The van der Waals surface area contributed by atoms with Crippen LogP contribution in [0.2, 0.25) is 0 Å². The molecule has 11 atom stereocenters. The number of phenolic OH excluding ortho intramolecular Hbond substituents is 1. The van der Waals surface area contributed by atoms with E-state index >= 15 is 0 Å². The third kappa shape index (κ3) is 3.57. The predicted molar refractivity (Wildman–Crippen MR) is 113 cm³/mol. The van der Waals surface area contributed by atoms with Crippen LogP contribution in [0.3, 0.4) is 0 Å². The van der Waals surface area contributed by atoms with Crippen molar-refractivity contribution in [2.24, 2.45) is 17.3 Å². The van der Waals surface area contributed by atoms with Crippen molar-refractivity contribution in [1.82, 2.24) is 0 Å². The second kappa shape index (κ2) is 8.18. The van der Waals surface area contributed by atoms with Gasteiger partial charge in [0.05, 0.1) is 12.2 Å². The minimum Gasteiger partial charge on any atom is -0.508 e. The molecule has 182 valence electrons. The van der Waals surface area contributed by atoms with E-state index in [9.17, 15) is 35.4 Å². The van der Waals surface area contributed by atoms with Crippen LogP contribution in [-0.4, -0.2) is 79.5 Å². The molecular weight excluding hydrogens is 432 g/mol. The van der Waals surface area contributed by atoms with E-state index in [-0.39, 0.29) is 11.7 Å². The van der Waals surface area contributed by atoms with E-state index in [4.69, 9.17) is 9.47 Å². The van der Waals surface area contributed by atoms with E-state index in [1.165, 1.54) is 11.1 Å². The van der Waals surface area contributed by atoms with E-state index < -0.39 is 54.3 Å². The molecule has 1 heterocycles. The Hall–Kier alpha value is -1.75. The number of aliphatic hydroxyl groups is 4.